The second-order valence-corrected chi connectivity index (χ2v) is 5.23. The quantitative estimate of drug-likeness (QED) is 0.734. The fourth-order valence-electron chi connectivity index (χ4n) is 3.12. The topological polar surface area (TPSA) is 44.9 Å². The molecule has 17 heavy (non-hydrogen) atoms. The van der Waals surface area contributed by atoms with Crippen molar-refractivity contribution in [3.05, 3.63) is 17.2 Å². The summed E-state index contributed by atoms with van der Waals surface area (Å²) in [7, 11) is 2.16. The maximum Gasteiger partial charge on any atom is 0.161 e. The van der Waals surface area contributed by atoms with Crippen molar-refractivity contribution >= 4 is 0 Å². The summed E-state index contributed by atoms with van der Waals surface area (Å²) in [5.74, 6) is 1.69. The lowest BCUT2D eigenvalue weighted by atomic mass is 10.1. The van der Waals surface area contributed by atoms with Gasteiger partial charge in [0.2, 0.25) is 0 Å². The number of hydrogen-bond acceptors (Lipinski definition) is 3. The fourth-order valence-corrected chi connectivity index (χ4v) is 3.12. The molecule has 2 aliphatic rings. The summed E-state index contributed by atoms with van der Waals surface area (Å²) in [6.45, 7) is 3.29. The van der Waals surface area contributed by atoms with Crippen LogP contribution in [0.25, 0.3) is 0 Å². The van der Waals surface area contributed by atoms with Crippen molar-refractivity contribution < 1.29 is 0 Å². The zero-order chi connectivity index (χ0) is 11.8. The van der Waals surface area contributed by atoms with Gasteiger partial charge in [0, 0.05) is 19.0 Å². The molecule has 1 aromatic rings. The number of rotatable bonds is 1. The summed E-state index contributed by atoms with van der Waals surface area (Å²) in [5, 5.41) is 9.17. The summed E-state index contributed by atoms with van der Waals surface area (Å²) in [4.78, 5) is 6.95. The van der Waals surface area contributed by atoms with Crippen LogP contribution < -0.4 is 0 Å². The molecule has 0 spiro atoms. The van der Waals surface area contributed by atoms with Crippen LogP contribution in [0.4, 0.5) is 0 Å². The normalized spacial score (nSPS) is 24.6. The second kappa shape index (κ2) is 4.15. The SMILES string of the molecule is CN1CCC(c2nc(C#N)c3n2CCCC3)C1. The minimum atomic E-state index is 0.527. The molecule has 90 valence electrons. The van der Waals surface area contributed by atoms with Gasteiger partial charge in [0.15, 0.2) is 5.69 Å². The molecule has 1 fully saturated rings. The average Bonchev–Trinajstić information content (AvgIpc) is 2.92. The van der Waals surface area contributed by atoms with Gasteiger partial charge in [-0.15, -0.1) is 0 Å². The van der Waals surface area contributed by atoms with Gasteiger partial charge >= 0.3 is 0 Å². The Morgan fingerprint density at radius 1 is 1.35 bits per heavy atom. The van der Waals surface area contributed by atoms with Crippen LogP contribution >= 0.6 is 0 Å². The first-order valence-corrected chi connectivity index (χ1v) is 6.47. The number of nitriles is 1. The molecule has 4 heteroatoms. The van der Waals surface area contributed by atoms with Crippen molar-refractivity contribution in [2.75, 3.05) is 20.1 Å². The summed E-state index contributed by atoms with van der Waals surface area (Å²) in [6, 6.07) is 2.26. The first-order chi connectivity index (χ1) is 8.29. The van der Waals surface area contributed by atoms with Crippen LogP contribution in [-0.4, -0.2) is 34.6 Å². The van der Waals surface area contributed by atoms with Gasteiger partial charge in [-0.05, 0) is 39.3 Å². The number of imidazole rings is 1. The average molecular weight is 230 g/mol. The van der Waals surface area contributed by atoms with Crippen molar-refractivity contribution in [2.45, 2.75) is 38.1 Å². The molecule has 0 radical (unpaired) electrons. The van der Waals surface area contributed by atoms with Gasteiger partial charge in [-0.3, -0.25) is 0 Å². The van der Waals surface area contributed by atoms with E-state index in [1.807, 2.05) is 0 Å². The highest BCUT2D eigenvalue weighted by Crippen LogP contribution is 2.30. The van der Waals surface area contributed by atoms with Crippen LogP contribution in [-0.2, 0) is 13.0 Å². The van der Waals surface area contributed by atoms with E-state index >= 15 is 0 Å². The molecule has 0 aliphatic carbocycles. The van der Waals surface area contributed by atoms with E-state index in [9.17, 15) is 0 Å². The molecule has 1 aromatic heterocycles. The smallest absolute Gasteiger partial charge is 0.161 e. The lowest BCUT2D eigenvalue weighted by Crippen LogP contribution is -2.18. The van der Waals surface area contributed by atoms with E-state index in [0.717, 1.165) is 26.1 Å². The Balaban J connectivity index is 1.99. The van der Waals surface area contributed by atoms with Crippen molar-refractivity contribution in [2.24, 2.45) is 0 Å². The molecule has 0 amide bonds. The second-order valence-electron chi connectivity index (χ2n) is 5.23. The minimum Gasteiger partial charge on any atom is -0.330 e. The van der Waals surface area contributed by atoms with Crippen LogP contribution in [0, 0.1) is 11.3 Å². The molecule has 4 nitrogen and oxygen atoms in total. The third-order valence-corrected chi connectivity index (χ3v) is 4.01. The summed E-state index contributed by atoms with van der Waals surface area (Å²) < 4.78 is 2.33. The molecule has 0 aromatic carbocycles. The molecule has 1 saturated heterocycles. The molecule has 0 bridgehead atoms. The van der Waals surface area contributed by atoms with E-state index in [4.69, 9.17) is 5.26 Å². The van der Waals surface area contributed by atoms with Gasteiger partial charge in [0.05, 0.1) is 5.69 Å². The molecule has 0 saturated carbocycles. The Morgan fingerprint density at radius 2 is 2.24 bits per heavy atom. The van der Waals surface area contributed by atoms with Gasteiger partial charge in [-0.2, -0.15) is 5.26 Å². The molecule has 3 heterocycles. The molecule has 0 N–H and O–H groups in total. The third kappa shape index (κ3) is 1.75. The monoisotopic (exact) mass is 230 g/mol. The predicted molar refractivity (Wildman–Crippen MR) is 64.7 cm³/mol. The van der Waals surface area contributed by atoms with Crippen molar-refractivity contribution in [3.8, 4) is 6.07 Å². The Morgan fingerprint density at radius 3 is 2.94 bits per heavy atom. The highest BCUT2D eigenvalue weighted by Gasteiger charge is 2.29. The summed E-state index contributed by atoms with van der Waals surface area (Å²) in [5.41, 5.74) is 1.86. The van der Waals surface area contributed by atoms with Gasteiger partial charge < -0.3 is 9.47 Å². The molecule has 2 aliphatic heterocycles. The van der Waals surface area contributed by atoms with Crippen LogP contribution in [0.15, 0.2) is 0 Å². The Kier molecular flexibility index (Phi) is 2.64. The number of likely N-dealkylation sites (N-methyl/N-ethyl adjacent to an activating group) is 1. The fraction of sp³-hybridized carbons (Fsp3) is 0.692. The molecule has 1 unspecified atom stereocenters. The lowest BCUT2D eigenvalue weighted by Gasteiger charge is -2.19. The molecule has 3 rings (SSSR count). The Labute approximate surface area is 102 Å². The Bertz CT molecular complexity index is 468. The maximum absolute atomic E-state index is 9.17. The minimum absolute atomic E-state index is 0.527. The van der Waals surface area contributed by atoms with Crippen molar-refractivity contribution in [1.82, 2.24) is 14.5 Å². The highest BCUT2D eigenvalue weighted by molar-refractivity contribution is 5.31. The first kappa shape index (κ1) is 10.8. The van der Waals surface area contributed by atoms with Crippen LogP contribution in [0.2, 0.25) is 0 Å². The van der Waals surface area contributed by atoms with E-state index in [1.54, 1.807) is 0 Å². The summed E-state index contributed by atoms with van der Waals surface area (Å²) in [6.07, 6.45) is 4.63. The van der Waals surface area contributed by atoms with Crippen molar-refractivity contribution in [1.29, 1.82) is 5.26 Å². The zero-order valence-corrected chi connectivity index (χ0v) is 10.3. The number of aromatic nitrogens is 2. The number of fused-ring (bicyclic) bond motifs is 1. The molecular weight excluding hydrogens is 212 g/mol. The molecular formula is C13H18N4. The van der Waals surface area contributed by atoms with E-state index in [1.165, 1.54) is 30.8 Å². The zero-order valence-electron chi connectivity index (χ0n) is 10.3. The van der Waals surface area contributed by atoms with Crippen LogP contribution in [0.1, 0.15) is 42.4 Å². The maximum atomic E-state index is 9.17. The predicted octanol–water partition coefficient (Wildman–Crippen LogP) is 1.51. The van der Waals surface area contributed by atoms with Crippen LogP contribution in [0.3, 0.4) is 0 Å². The van der Waals surface area contributed by atoms with E-state index < -0.39 is 0 Å². The van der Waals surface area contributed by atoms with Gasteiger partial charge in [-0.25, -0.2) is 4.98 Å². The lowest BCUT2D eigenvalue weighted by molar-refractivity contribution is 0.405. The van der Waals surface area contributed by atoms with Gasteiger partial charge in [0.1, 0.15) is 11.9 Å². The van der Waals surface area contributed by atoms with E-state index in [2.05, 4.69) is 27.6 Å². The number of hydrogen-bond donors (Lipinski definition) is 0. The van der Waals surface area contributed by atoms with Gasteiger partial charge in [0.25, 0.3) is 0 Å². The van der Waals surface area contributed by atoms with Crippen LogP contribution in [0.5, 0.6) is 0 Å². The highest BCUT2D eigenvalue weighted by atomic mass is 15.2. The number of nitrogens with zero attached hydrogens (tertiary/aromatic N) is 4. The van der Waals surface area contributed by atoms with E-state index in [0.29, 0.717) is 11.6 Å². The first-order valence-electron chi connectivity index (χ1n) is 6.47. The van der Waals surface area contributed by atoms with E-state index in [-0.39, 0.29) is 0 Å². The Hall–Kier alpha value is -1.34. The third-order valence-electron chi connectivity index (χ3n) is 4.01. The number of likely N-dealkylation sites (tertiary alicyclic amines) is 1. The van der Waals surface area contributed by atoms with Gasteiger partial charge in [-0.1, -0.05) is 0 Å². The summed E-state index contributed by atoms with van der Waals surface area (Å²) >= 11 is 0. The molecule has 1 atom stereocenters. The van der Waals surface area contributed by atoms with Crippen molar-refractivity contribution in [3.63, 3.8) is 0 Å². The largest absolute Gasteiger partial charge is 0.330 e. The standard InChI is InChI=1S/C13H18N4/c1-16-7-5-10(9-16)13-15-11(8-14)12-4-2-3-6-17(12)13/h10H,2-7,9H2,1H3.